The normalized spacial score (nSPS) is 24.5. The summed E-state index contributed by atoms with van der Waals surface area (Å²) in [7, 11) is 0. The number of hydrogen-bond acceptors (Lipinski definition) is 3. The molecule has 4 nitrogen and oxygen atoms in total. The average Bonchev–Trinajstić information content (AvgIpc) is 2.15. The second-order valence-electron chi connectivity index (χ2n) is 3.35. The first-order valence-corrected chi connectivity index (χ1v) is 4.80. The molecule has 1 saturated heterocycles. The van der Waals surface area contributed by atoms with Crippen molar-refractivity contribution >= 4 is 5.97 Å². The van der Waals surface area contributed by atoms with Gasteiger partial charge in [0.2, 0.25) is 0 Å². The number of nitrogens with zero attached hydrogens (tertiary/aromatic N) is 1. The molecule has 0 aromatic carbocycles. The van der Waals surface area contributed by atoms with Crippen molar-refractivity contribution in [3.63, 3.8) is 0 Å². The van der Waals surface area contributed by atoms with Crippen LogP contribution >= 0.6 is 0 Å². The van der Waals surface area contributed by atoms with Gasteiger partial charge in [-0.15, -0.1) is 0 Å². The fraction of sp³-hybridized carbons (Fsp3) is 0.889. The van der Waals surface area contributed by atoms with Crippen molar-refractivity contribution in [3.05, 3.63) is 0 Å². The number of aliphatic carboxylic acids is 1. The third-order valence-corrected chi connectivity index (χ3v) is 2.25. The van der Waals surface area contributed by atoms with Gasteiger partial charge in [0.1, 0.15) is 0 Å². The molecule has 1 N–H and O–H groups in total. The third-order valence-electron chi connectivity index (χ3n) is 2.25. The molecule has 4 heteroatoms. The van der Waals surface area contributed by atoms with E-state index in [1.54, 1.807) is 0 Å². The monoisotopic (exact) mass is 187 g/mol. The number of rotatable bonds is 4. The van der Waals surface area contributed by atoms with E-state index >= 15 is 0 Å². The molecular formula is C9H17NO3. The van der Waals surface area contributed by atoms with Crippen LogP contribution in [0.25, 0.3) is 0 Å². The summed E-state index contributed by atoms with van der Waals surface area (Å²) in [5.41, 5.74) is 0. The summed E-state index contributed by atoms with van der Waals surface area (Å²) in [4.78, 5) is 12.8. The number of morpholine rings is 1. The Kier molecular flexibility index (Phi) is 4.18. The average molecular weight is 187 g/mol. The predicted molar refractivity (Wildman–Crippen MR) is 48.7 cm³/mol. The topological polar surface area (TPSA) is 49.8 Å². The lowest BCUT2D eigenvalue weighted by Gasteiger charge is -2.30. The molecule has 0 amide bonds. The first-order chi connectivity index (χ1) is 6.24. The minimum atomic E-state index is -0.846. The molecule has 0 aliphatic carbocycles. The van der Waals surface area contributed by atoms with Crippen LogP contribution in [0.2, 0.25) is 0 Å². The Hall–Kier alpha value is -0.610. The summed E-state index contributed by atoms with van der Waals surface area (Å²) >= 11 is 0. The van der Waals surface area contributed by atoms with Crippen molar-refractivity contribution in [1.29, 1.82) is 0 Å². The van der Waals surface area contributed by atoms with Crippen LogP contribution in [0.4, 0.5) is 0 Å². The second-order valence-corrected chi connectivity index (χ2v) is 3.35. The summed E-state index contributed by atoms with van der Waals surface area (Å²) in [6.07, 6.45) is 1.66. The Bertz CT molecular complexity index is 172. The van der Waals surface area contributed by atoms with E-state index in [9.17, 15) is 4.79 Å². The molecule has 0 aromatic heterocycles. The highest BCUT2D eigenvalue weighted by molar-refractivity contribution is 5.72. The minimum Gasteiger partial charge on any atom is -0.479 e. The van der Waals surface area contributed by atoms with Gasteiger partial charge in [0.15, 0.2) is 6.10 Å². The number of unbranched alkanes of at least 4 members (excludes halogenated alkanes) is 1. The minimum absolute atomic E-state index is 0.537. The zero-order valence-corrected chi connectivity index (χ0v) is 8.03. The van der Waals surface area contributed by atoms with E-state index < -0.39 is 12.1 Å². The highest BCUT2D eigenvalue weighted by atomic mass is 16.5. The predicted octanol–water partition coefficient (Wildman–Crippen LogP) is 0.572. The number of carboxylic acids is 1. The van der Waals surface area contributed by atoms with Gasteiger partial charge in [-0.25, -0.2) is 4.79 Å². The first-order valence-electron chi connectivity index (χ1n) is 4.80. The maximum Gasteiger partial charge on any atom is 0.334 e. The molecule has 1 rings (SSSR count). The van der Waals surface area contributed by atoms with E-state index in [1.807, 2.05) is 0 Å². The number of carboxylic acid groups (broad SMARTS) is 1. The fourth-order valence-corrected chi connectivity index (χ4v) is 1.44. The van der Waals surface area contributed by atoms with Crippen LogP contribution in [0.15, 0.2) is 0 Å². The van der Waals surface area contributed by atoms with Crippen LogP contribution in [-0.2, 0) is 9.53 Å². The van der Waals surface area contributed by atoms with Crippen LogP contribution in [-0.4, -0.2) is 48.3 Å². The van der Waals surface area contributed by atoms with Crippen molar-refractivity contribution in [1.82, 2.24) is 4.90 Å². The molecule has 1 aliphatic rings. The second kappa shape index (κ2) is 5.19. The lowest BCUT2D eigenvalue weighted by atomic mass is 10.2. The number of hydrogen-bond donors (Lipinski definition) is 1. The largest absolute Gasteiger partial charge is 0.479 e. The summed E-state index contributed by atoms with van der Waals surface area (Å²) in [5.74, 6) is -0.846. The maximum absolute atomic E-state index is 10.6. The SMILES string of the molecule is CCCCN1CCO[C@@H](C(=O)O)C1. The lowest BCUT2D eigenvalue weighted by molar-refractivity contribution is -0.156. The molecule has 76 valence electrons. The Morgan fingerprint density at radius 2 is 2.46 bits per heavy atom. The Balaban J connectivity index is 2.29. The van der Waals surface area contributed by atoms with Gasteiger partial charge < -0.3 is 9.84 Å². The molecular weight excluding hydrogens is 170 g/mol. The Morgan fingerprint density at radius 3 is 3.08 bits per heavy atom. The van der Waals surface area contributed by atoms with E-state index in [0.717, 1.165) is 25.9 Å². The molecule has 13 heavy (non-hydrogen) atoms. The van der Waals surface area contributed by atoms with Crippen molar-refractivity contribution in [3.8, 4) is 0 Å². The summed E-state index contributed by atoms with van der Waals surface area (Å²) in [6, 6.07) is 0. The lowest BCUT2D eigenvalue weighted by Crippen LogP contribution is -2.46. The molecule has 1 atom stereocenters. The highest BCUT2D eigenvalue weighted by Crippen LogP contribution is 2.06. The molecule has 1 heterocycles. The van der Waals surface area contributed by atoms with Crippen molar-refractivity contribution < 1.29 is 14.6 Å². The van der Waals surface area contributed by atoms with Gasteiger partial charge >= 0.3 is 5.97 Å². The molecule has 0 aromatic rings. The first kappa shape index (κ1) is 10.5. The van der Waals surface area contributed by atoms with Crippen LogP contribution in [0.1, 0.15) is 19.8 Å². The molecule has 0 unspecified atom stereocenters. The van der Waals surface area contributed by atoms with Crippen LogP contribution in [0, 0.1) is 0 Å². The van der Waals surface area contributed by atoms with E-state index in [2.05, 4.69) is 11.8 Å². The van der Waals surface area contributed by atoms with Crippen molar-refractivity contribution in [2.75, 3.05) is 26.2 Å². The van der Waals surface area contributed by atoms with E-state index in [4.69, 9.17) is 9.84 Å². The summed E-state index contributed by atoms with van der Waals surface area (Å²) in [6.45, 7) is 5.07. The standard InChI is InChI=1S/C9H17NO3/c1-2-3-4-10-5-6-13-8(7-10)9(11)12/h8H,2-7H2,1H3,(H,11,12)/t8-/m1/s1. The molecule has 0 saturated carbocycles. The summed E-state index contributed by atoms with van der Waals surface area (Å²) in [5, 5.41) is 8.73. The van der Waals surface area contributed by atoms with Crippen LogP contribution in [0.5, 0.6) is 0 Å². The maximum atomic E-state index is 10.6. The number of carbonyl (C=O) groups is 1. The smallest absolute Gasteiger partial charge is 0.334 e. The van der Waals surface area contributed by atoms with Gasteiger partial charge in [-0.1, -0.05) is 13.3 Å². The van der Waals surface area contributed by atoms with Gasteiger partial charge in [0, 0.05) is 13.1 Å². The van der Waals surface area contributed by atoms with Gasteiger partial charge in [-0.05, 0) is 13.0 Å². The van der Waals surface area contributed by atoms with E-state index in [-0.39, 0.29) is 0 Å². The molecule has 0 bridgehead atoms. The number of ether oxygens (including phenoxy) is 1. The summed E-state index contributed by atoms with van der Waals surface area (Å²) < 4.78 is 5.11. The van der Waals surface area contributed by atoms with Gasteiger partial charge in [-0.2, -0.15) is 0 Å². The Labute approximate surface area is 78.5 Å². The van der Waals surface area contributed by atoms with Crippen LogP contribution < -0.4 is 0 Å². The third kappa shape index (κ3) is 3.32. The molecule has 0 radical (unpaired) electrons. The van der Waals surface area contributed by atoms with Gasteiger partial charge in [0.25, 0.3) is 0 Å². The van der Waals surface area contributed by atoms with Gasteiger partial charge in [0.05, 0.1) is 6.61 Å². The van der Waals surface area contributed by atoms with Crippen molar-refractivity contribution in [2.45, 2.75) is 25.9 Å². The fourth-order valence-electron chi connectivity index (χ4n) is 1.44. The van der Waals surface area contributed by atoms with E-state index in [0.29, 0.717) is 13.2 Å². The van der Waals surface area contributed by atoms with E-state index in [1.165, 1.54) is 0 Å². The quantitative estimate of drug-likeness (QED) is 0.699. The highest BCUT2D eigenvalue weighted by Gasteiger charge is 2.25. The van der Waals surface area contributed by atoms with Crippen LogP contribution in [0.3, 0.4) is 0 Å². The van der Waals surface area contributed by atoms with Crippen molar-refractivity contribution in [2.24, 2.45) is 0 Å². The Morgan fingerprint density at radius 1 is 1.69 bits per heavy atom. The zero-order valence-electron chi connectivity index (χ0n) is 8.03. The zero-order chi connectivity index (χ0) is 9.68. The molecule has 0 spiro atoms. The molecule has 1 fully saturated rings. The molecule has 1 aliphatic heterocycles. The van der Waals surface area contributed by atoms with Gasteiger partial charge in [-0.3, -0.25) is 4.90 Å².